The SMILES string of the molecule is Cn1c(=NC(=O)CCCS(=O)(=O)c2ccccc2)sc2c3ccccc3ccc21. The van der Waals surface area contributed by atoms with E-state index in [0.29, 0.717) is 4.80 Å². The molecule has 7 heteroatoms. The minimum Gasteiger partial charge on any atom is -0.319 e. The molecule has 0 aliphatic heterocycles. The van der Waals surface area contributed by atoms with Crippen LogP contribution in [0.25, 0.3) is 21.0 Å². The molecule has 0 aliphatic carbocycles. The monoisotopic (exact) mass is 424 g/mol. The summed E-state index contributed by atoms with van der Waals surface area (Å²) in [7, 11) is -1.49. The van der Waals surface area contributed by atoms with Gasteiger partial charge in [0.1, 0.15) is 0 Å². The van der Waals surface area contributed by atoms with Crippen LogP contribution in [0.15, 0.2) is 76.6 Å². The summed E-state index contributed by atoms with van der Waals surface area (Å²) in [6.45, 7) is 0. The van der Waals surface area contributed by atoms with Gasteiger partial charge in [-0.3, -0.25) is 4.79 Å². The Kier molecular flexibility index (Phi) is 5.34. The Bertz CT molecular complexity index is 1370. The third-order valence-electron chi connectivity index (χ3n) is 4.83. The van der Waals surface area contributed by atoms with Crippen molar-refractivity contribution < 1.29 is 13.2 Å². The third kappa shape index (κ3) is 4.02. The predicted molar refractivity (Wildman–Crippen MR) is 117 cm³/mol. The molecule has 4 aromatic rings. The summed E-state index contributed by atoms with van der Waals surface area (Å²) in [4.78, 5) is 17.5. The molecular weight excluding hydrogens is 404 g/mol. The predicted octanol–water partition coefficient (Wildman–Crippen LogP) is 4.07. The summed E-state index contributed by atoms with van der Waals surface area (Å²) < 4.78 is 27.6. The smallest absolute Gasteiger partial charge is 0.248 e. The summed E-state index contributed by atoms with van der Waals surface area (Å²) in [5.41, 5.74) is 1.02. The molecule has 4 rings (SSSR count). The number of carbonyl (C=O) groups excluding carboxylic acids is 1. The largest absolute Gasteiger partial charge is 0.319 e. The molecule has 1 aromatic heterocycles. The average Bonchev–Trinajstić information content (AvgIpc) is 3.04. The molecule has 29 heavy (non-hydrogen) atoms. The topological polar surface area (TPSA) is 68.5 Å². The molecule has 0 N–H and O–H groups in total. The highest BCUT2D eigenvalue weighted by Gasteiger charge is 2.14. The Morgan fingerprint density at radius 1 is 1.00 bits per heavy atom. The number of nitrogens with zero attached hydrogens (tertiary/aromatic N) is 2. The first-order chi connectivity index (χ1) is 14.0. The fraction of sp³-hybridized carbons (Fsp3) is 0.182. The van der Waals surface area contributed by atoms with Gasteiger partial charge in [0.25, 0.3) is 0 Å². The number of benzene rings is 3. The average molecular weight is 425 g/mol. The summed E-state index contributed by atoms with van der Waals surface area (Å²) in [5, 5.41) is 2.28. The minimum atomic E-state index is -3.38. The van der Waals surface area contributed by atoms with E-state index >= 15 is 0 Å². The summed E-state index contributed by atoms with van der Waals surface area (Å²) in [6.07, 6.45) is 0.345. The van der Waals surface area contributed by atoms with Gasteiger partial charge in [-0.05, 0) is 30.0 Å². The van der Waals surface area contributed by atoms with Gasteiger partial charge >= 0.3 is 0 Å². The van der Waals surface area contributed by atoms with Crippen LogP contribution in [-0.2, 0) is 21.7 Å². The van der Waals surface area contributed by atoms with Gasteiger partial charge in [0, 0.05) is 18.9 Å². The van der Waals surface area contributed by atoms with Gasteiger partial charge in [-0.25, -0.2) is 8.42 Å². The second-order valence-corrected chi connectivity index (χ2v) is 9.91. The highest BCUT2D eigenvalue weighted by Crippen LogP contribution is 2.27. The first-order valence-corrected chi connectivity index (χ1v) is 11.8. The van der Waals surface area contributed by atoms with Crippen LogP contribution in [-0.4, -0.2) is 24.6 Å². The quantitative estimate of drug-likeness (QED) is 0.485. The Hall–Kier alpha value is -2.77. The number of carbonyl (C=O) groups is 1. The number of rotatable bonds is 5. The number of sulfone groups is 1. The van der Waals surface area contributed by atoms with Gasteiger partial charge in [0.2, 0.25) is 5.91 Å². The molecule has 0 fully saturated rings. The zero-order chi connectivity index (χ0) is 20.4. The van der Waals surface area contributed by atoms with Gasteiger partial charge in [-0.2, -0.15) is 4.99 Å². The van der Waals surface area contributed by atoms with Crippen molar-refractivity contribution in [1.82, 2.24) is 4.57 Å². The van der Waals surface area contributed by atoms with Gasteiger partial charge in [0.15, 0.2) is 14.6 Å². The fourth-order valence-corrected chi connectivity index (χ4v) is 5.79. The number of aromatic nitrogens is 1. The first-order valence-electron chi connectivity index (χ1n) is 9.28. The normalized spacial score (nSPS) is 12.7. The highest BCUT2D eigenvalue weighted by molar-refractivity contribution is 7.91. The van der Waals surface area contributed by atoms with Crippen LogP contribution >= 0.6 is 11.3 Å². The molecule has 0 spiro atoms. The number of thiazole rings is 1. The van der Waals surface area contributed by atoms with Crippen molar-refractivity contribution in [2.24, 2.45) is 12.0 Å². The number of hydrogen-bond acceptors (Lipinski definition) is 4. The fourth-order valence-electron chi connectivity index (χ4n) is 3.29. The molecule has 148 valence electrons. The van der Waals surface area contributed by atoms with Gasteiger partial charge in [-0.1, -0.05) is 59.9 Å². The maximum Gasteiger partial charge on any atom is 0.248 e. The molecule has 0 saturated carbocycles. The molecule has 5 nitrogen and oxygen atoms in total. The number of fused-ring (bicyclic) bond motifs is 3. The number of hydrogen-bond donors (Lipinski definition) is 0. The van der Waals surface area contributed by atoms with E-state index in [9.17, 15) is 13.2 Å². The minimum absolute atomic E-state index is 0.0680. The van der Waals surface area contributed by atoms with Crippen molar-refractivity contribution in [1.29, 1.82) is 0 Å². The van der Waals surface area contributed by atoms with Crippen molar-refractivity contribution in [2.75, 3.05) is 5.75 Å². The summed E-state index contributed by atoms with van der Waals surface area (Å²) in [6, 6.07) is 20.5. The molecule has 0 aliphatic rings. The van der Waals surface area contributed by atoms with Crippen LogP contribution in [0, 0.1) is 0 Å². The van der Waals surface area contributed by atoms with E-state index in [2.05, 4.69) is 23.2 Å². The van der Waals surface area contributed by atoms with Crippen LogP contribution in [0.2, 0.25) is 0 Å². The van der Waals surface area contributed by atoms with Crippen molar-refractivity contribution in [2.45, 2.75) is 17.7 Å². The van der Waals surface area contributed by atoms with E-state index in [4.69, 9.17) is 0 Å². The summed E-state index contributed by atoms with van der Waals surface area (Å²) in [5.74, 6) is -0.374. The van der Waals surface area contributed by atoms with Gasteiger partial charge in [0.05, 0.1) is 20.9 Å². The molecule has 0 radical (unpaired) electrons. The van der Waals surface area contributed by atoms with E-state index in [1.54, 1.807) is 30.3 Å². The summed E-state index contributed by atoms with van der Waals surface area (Å²) >= 11 is 1.47. The van der Waals surface area contributed by atoms with Crippen molar-refractivity contribution >= 4 is 48.1 Å². The van der Waals surface area contributed by atoms with Crippen molar-refractivity contribution in [3.8, 4) is 0 Å². The van der Waals surface area contributed by atoms with E-state index < -0.39 is 9.84 Å². The third-order valence-corrected chi connectivity index (χ3v) is 7.82. The van der Waals surface area contributed by atoms with E-state index in [1.165, 1.54) is 11.3 Å². The Balaban J connectivity index is 1.54. The lowest BCUT2D eigenvalue weighted by Gasteiger charge is -2.02. The molecule has 0 unspecified atom stereocenters. The lowest BCUT2D eigenvalue weighted by molar-refractivity contribution is -0.118. The lowest BCUT2D eigenvalue weighted by Crippen LogP contribution is -2.14. The highest BCUT2D eigenvalue weighted by atomic mass is 32.2. The molecule has 1 heterocycles. The second-order valence-electron chi connectivity index (χ2n) is 6.82. The van der Waals surface area contributed by atoms with Gasteiger partial charge in [-0.15, -0.1) is 0 Å². The Labute approximate surface area is 172 Å². The first kappa shape index (κ1) is 19.5. The zero-order valence-electron chi connectivity index (χ0n) is 15.9. The molecule has 0 saturated heterocycles. The van der Waals surface area contributed by atoms with Crippen LogP contribution in [0.1, 0.15) is 12.8 Å². The zero-order valence-corrected chi connectivity index (χ0v) is 17.5. The molecular formula is C22H20N2O3S2. The van der Waals surface area contributed by atoms with Crippen molar-refractivity contribution in [3.05, 3.63) is 71.5 Å². The maximum absolute atomic E-state index is 12.4. The molecule has 1 amide bonds. The van der Waals surface area contributed by atoms with E-state index in [-0.39, 0.29) is 29.4 Å². The maximum atomic E-state index is 12.4. The van der Waals surface area contributed by atoms with Crippen LogP contribution < -0.4 is 4.80 Å². The molecule has 3 aromatic carbocycles. The second kappa shape index (κ2) is 7.93. The van der Waals surface area contributed by atoms with Crippen LogP contribution in [0.5, 0.6) is 0 Å². The van der Waals surface area contributed by atoms with Crippen LogP contribution in [0.4, 0.5) is 0 Å². The molecule has 0 bridgehead atoms. The van der Waals surface area contributed by atoms with Gasteiger partial charge < -0.3 is 4.57 Å². The molecule has 0 atom stereocenters. The lowest BCUT2D eigenvalue weighted by atomic mass is 10.1. The Morgan fingerprint density at radius 3 is 2.52 bits per heavy atom. The van der Waals surface area contributed by atoms with E-state index in [0.717, 1.165) is 21.0 Å². The van der Waals surface area contributed by atoms with Crippen molar-refractivity contribution in [3.63, 3.8) is 0 Å². The van der Waals surface area contributed by atoms with E-state index in [1.807, 2.05) is 29.8 Å². The number of amides is 1. The Morgan fingerprint density at radius 2 is 1.72 bits per heavy atom. The standard InChI is InChI=1S/C22H20N2O3S2/c1-24-19-14-13-16-8-5-6-11-18(16)21(19)28-22(24)23-20(25)12-7-15-29(26,27)17-9-3-2-4-10-17/h2-6,8-11,13-14H,7,12,15H2,1H3. The van der Waals surface area contributed by atoms with Crippen LogP contribution in [0.3, 0.4) is 0 Å². The number of aryl methyl sites for hydroxylation is 1.